The van der Waals surface area contributed by atoms with Crippen LogP contribution >= 0.6 is 21.6 Å². The number of carbonyl (C=O) groups excluding carboxylic acids is 2. The zero-order valence-electron chi connectivity index (χ0n) is 17.1. The molecule has 0 atom stereocenters. The third-order valence-corrected chi connectivity index (χ3v) is 5.46. The Morgan fingerprint density at radius 3 is 2.48 bits per heavy atom. The number of hydroxylamine groups is 1. The van der Waals surface area contributed by atoms with Crippen LogP contribution in [-0.2, 0) is 14.4 Å². The fourth-order valence-electron chi connectivity index (χ4n) is 1.52. The van der Waals surface area contributed by atoms with Gasteiger partial charge in [0.05, 0.1) is 0 Å². The van der Waals surface area contributed by atoms with Crippen LogP contribution in [0.3, 0.4) is 0 Å². The average molecular weight is 417 g/mol. The van der Waals surface area contributed by atoms with Gasteiger partial charge in [-0.1, -0.05) is 52.3 Å². The number of amides is 2. The molecule has 0 aromatic carbocycles. The third-order valence-electron chi connectivity index (χ3n) is 2.92. The molecule has 0 unspecified atom stereocenters. The van der Waals surface area contributed by atoms with Crippen molar-refractivity contribution >= 4 is 33.6 Å². The molecule has 0 fully saturated rings. The van der Waals surface area contributed by atoms with E-state index in [2.05, 4.69) is 30.7 Å². The molecule has 0 aliphatic rings. The summed E-state index contributed by atoms with van der Waals surface area (Å²) in [6, 6.07) is 0. The van der Waals surface area contributed by atoms with Gasteiger partial charge >= 0.3 is 6.09 Å². The fraction of sp³-hybridized carbons (Fsp3) is 0.579. The molecule has 0 aromatic rings. The van der Waals surface area contributed by atoms with Gasteiger partial charge in [0, 0.05) is 17.2 Å². The summed E-state index contributed by atoms with van der Waals surface area (Å²) in [5, 5.41) is 2.74. The van der Waals surface area contributed by atoms with Crippen molar-refractivity contribution < 1.29 is 19.2 Å². The first-order chi connectivity index (χ1) is 12.7. The zero-order valence-corrected chi connectivity index (χ0v) is 18.7. The Labute approximate surface area is 170 Å². The standard InChI is InChI=1S/C19H32N2O4S2/c1-7-9-10-11-16(15(3)8-2)27-26-13-12-20-17(22)14-24-21-18(23)25-19(4,5)6/h7,9-11H,8,12-14H2,1-6H3,(H,20,22)(H,21,23)/b9-7-,11-10-,16-15+. The lowest BCUT2D eigenvalue weighted by Gasteiger charge is -2.19. The second-order valence-corrected chi connectivity index (χ2v) is 8.99. The summed E-state index contributed by atoms with van der Waals surface area (Å²) < 4.78 is 4.99. The molecule has 0 saturated carbocycles. The predicted molar refractivity (Wildman–Crippen MR) is 115 cm³/mol. The SMILES string of the molecule is C\C=C/C=C\C(SSCCNC(=O)CONC(=O)OC(C)(C)C)=C(\C)CC. The third kappa shape index (κ3) is 15.4. The van der Waals surface area contributed by atoms with E-state index in [9.17, 15) is 9.59 Å². The summed E-state index contributed by atoms with van der Waals surface area (Å²) >= 11 is 0. The predicted octanol–water partition coefficient (Wildman–Crippen LogP) is 4.76. The van der Waals surface area contributed by atoms with Gasteiger partial charge in [0.1, 0.15) is 5.60 Å². The lowest BCUT2D eigenvalue weighted by Crippen LogP contribution is -2.36. The van der Waals surface area contributed by atoms with Crippen molar-refractivity contribution in [3.8, 4) is 0 Å². The number of ether oxygens (including phenoxy) is 1. The van der Waals surface area contributed by atoms with Crippen molar-refractivity contribution in [3.05, 3.63) is 34.8 Å². The van der Waals surface area contributed by atoms with Gasteiger partial charge < -0.3 is 10.1 Å². The Kier molecular flexibility index (Phi) is 13.9. The van der Waals surface area contributed by atoms with Gasteiger partial charge in [-0.3, -0.25) is 9.63 Å². The van der Waals surface area contributed by atoms with Crippen LogP contribution < -0.4 is 10.8 Å². The topological polar surface area (TPSA) is 76.7 Å². The van der Waals surface area contributed by atoms with Crippen LogP contribution in [0.1, 0.15) is 48.0 Å². The summed E-state index contributed by atoms with van der Waals surface area (Å²) in [5.74, 6) is 0.457. The van der Waals surface area contributed by atoms with Crippen LogP contribution in [0.15, 0.2) is 34.8 Å². The van der Waals surface area contributed by atoms with Crippen LogP contribution in [0.5, 0.6) is 0 Å². The maximum Gasteiger partial charge on any atom is 0.431 e. The summed E-state index contributed by atoms with van der Waals surface area (Å²) in [5.41, 5.74) is 2.80. The number of allylic oxidation sites excluding steroid dienone is 5. The van der Waals surface area contributed by atoms with E-state index in [-0.39, 0.29) is 12.5 Å². The molecule has 0 bridgehead atoms. The number of nitrogens with one attached hydrogen (secondary N) is 2. The maximum absolute atomic E-state index is 11.7. The summed E-state index contributed by atoms with van der Waals surface area (Å²) in [4.78, 5) is 29.1. The lowest BCUT2D eigenvalue weighted by atomic mass is 10.2. The molecule has 0 rings (SSSR count). The second kappa shape index (κ2) is 14.6. The first-order valence-electron chi connectivity index (χ1n) is 8.85. The van der Waals surface area contributed by atoms with Crippen LogP contribution in [0.25, 0.3) is 0 Å². The van der Waals surface area contributed by atoms with Crippen molar-refractivity contribution in [2.45, 2.75) is 53.6 Å². The normalized spacial score (nSPS) is 13.0. The van der Waals surface area contributed by atoms with E-state index < -0.39 is 11.7 Å². The van der Waals surface area contributed by atoms with Crippen molar-refractivity contribution in [1.29, 1.82) is 0 Å². The molecule has 0 aromatic heterocycles. The molecule has 8 heteroatoms. The van der Waals surface area contributed by atoms with Crippen molar-refractivity contribution in [2.24, 2.45) is 0 Å². The van der Waals surface area contributed by atoms with E-state index in [4.69, 9.17) is 9.57 Å². The maximum atomic E-state index is 11.7. The minimum atomic E-state index is -0.723. The monoisotopic (exact) mass is 416 g/mol. The lowest BCUT2D eigenvalue weighted by molar-refractivity contribution is -0.127. The Hall–Kier alpha value is -1.38. The van der Waals surface area contributed by atoms with Crippen LogP contribution in [0.2, 0.25) is 0 Å². The Morgan fingerprint density at radius 1 is 1.19 bits per heavy atom. The van der Waals surface area contributed by atoms with Crippen molar-refractivity contribution in [2.75, 3.05) is 18.9 Å². The molecule has 0 spiro atoms. The van der Waals surface area contributed by atoms with E-state index in [0.29, 0.717) is 6.54 Å². The molecule has 2 N–H and O–H groups in total. The van der Waals surface area contributed by atoms with Crippen LogP contribution in [0, 0.1) is 0 Å². The quantitative estimate of drug-likeness (QED) is 0.219. The smallest absolute Gasteiger partial charge is 0.431 e. The zero-order chi connectivity index (χ0) is 20.7. The molecular formula is C19H32N2O4S2. The Morgan fingerprint density at radius 2 is 1.89 bits per heavy atom. The molecule has 0 aliphatic carbocycles. The van der Waals surface area contributed by atoms with E-state index in [0.717, 1.165) is 12.2 Å². The molecule has 6 nitrogen and oxygen atoms in total. The van der Waals surface area contributed by atoms with Gasteiger partial charge in [-0.05, 0) is 47.1 Å². The number of hydrogen-bond acceptors (Lipinski definition) is 6. The van der Waals surface area contributed by atoms with E-state index in [1.807, 2.05) is 25.2 Å². The van der Waals surface area contributed by atoms with Crippen molar-refractivity contribution in [3.63, 3.8) is 0 Å². The van der Waals surface area contributed by atoms with E-state index in [1.54, 1.807) is 42.4 Å². The van der Waals surface area contributed by atoms with Gasteiger partial charge in [-0.15, -0.1) is 0 Å². The molecule has 154 valence electrons. The molecule has 2 amide bonds. The summed E-state index contributed by atoms with van der Waals surface area (Å²) in [6.45, 7) is 11.7. The minimum Gasteiger partial charge on any atom is -0.442 e. The highest BCUT2D eigenvalue weighted by Gasteiger charge is 2.16. The molecular weight excluding hydrogens is 384 g/mol. The average Bonchev–Trinajstić information content (AvgIpc) is 2.57. The van der Waals surface area contributed by atoms with Gasteiger partial charge in [-0.2, -0.15) is 5.48 Å². The highest BCUT2D eigenvalue weighted by Crippen LogP contribution is 2.33. The van der Waals surface area contributed by atoms with E-state index >= 15 is 0 Å². The first kappa shape index (κ1) is 25.6. The van der Waals surface area contributed by atoms with Crippen LogP contribution in [-0.4, -0.2) is 36.5 Å². The fourth-order valence-corrected chi connectivity index (χ4v) is 3.81. The van der Waals surface area contributed by atoms with Gasteiger partial charge in [0.25, 0.3) is 0 Å². The summed E-state index contributed by atoms with van der Waals surface area (Å²) in [7, 11) is 3.38. The van der Waals surface area contributed by atoms with Gasteiger partial charge in [-0.25, -0.2) is 4.79 Å². The number of rotatable bonds is 11. The highest BCUT2D eigenvalue weighted by atomic mass is 33.1. The first-order valence-corrected chi connectivity index (χ1v) is 11.2. The highest BCUT2D eigenvalue weighted by molar-refractivity contribution is 8.78. The van der Waals surface area contributed by atoms with Gasteiger partial charge in [0.2, 0.25) is 5.91 Å². The minimum absolute atomic E-state index is 0.261. The molecule has 0 heterocycles. The van der Waals surface area contributed by atoms with Gasteiger partial charge in [0.15, 0.2) is 6.61 Å². The number of hydrogen-bond donors (Lipinski definition) is 2. The summed E-state index contributed by atoms with van der Waals surface area (Å²) in [6.07, 6.45) is 8.40. The molecule has 27 heavy (non-hydrogen) atoms. The Balaban J connectivity index is 3.99. The molecule has 0 radical (unpaired) electrons. The van der Waals surface area contributed by atoms with Crippen LogP contribution in [0.4, 0.5) is 4.79 Å². The number of carbonyl (C=O) groups is 2. The van der Waals surface area contributed by atoms with E-state index in [1.165, 1.54) is 10.5 Å². The second-order valence-electron chi connectivity index (χ2n) is 6.53. The molecule has 0 saturated heterocycles. The largest absolute Gasteiger partial charge is 0.442 e. The molecule has 0 aliphatic heterocycles. The van der Waals surface area contributed by atoms with Crippen molar-refractivity contribution in [1.82, 2.24) is 10.8 Å². The Bertz CT molecular complexity index is 552.